The van der Waals surface area contributed by atoms with Crippen LogP contribution in [-0.4, -0.2) is 30.3 Å². The minimum atomic E-state index is 0.253. The molecule has 0 saturated carbocycles. The Balaban J connectivity index is 2.23. The first-order valence-corrected chi connectivity index (χ1v) is 7.17. The van der Waals surface area contributed by atoms with Crippen molar-refractivity contribution in [1.29, 1.82) is 0 Å². The number of thiocarbonyl (C=S) groups is 1. The Morgan fingerprint density at radius 3 is 2.50 bits per heavy atom. The highest BCUT2D eigenvalue weighted by molar-refractivity contribution is 9.10. The van der Waals surface area contributed by atoms with Crippen molar-refractivity contribution >= 4 is 38.8 Å². The summed E-state index contributed by atoms with van der Waals surface area (Å²) in [5.41, 5.74) is 7.70. The maximum Gasteiger partial charge on any atom is 0.105 e. The number of hydrogen-bond donors (Lipinski definition) is 1. The quantitative estimate of drug-likeness (QED) is 0.847. The molecule has 0 spiro atoms. The van der Waals surface area contributed by atoms with E-state index in [1.54, 1.807) is 0 Å². The van der Waals surface area contributed by atoms with Crippen molar-refractivity contribution in [2.75, 3.05) is 18.0 Å². The van der Waals surface area contributed by atoms with E-state index in [0.717, 1.165) is 23.1 Å². The normalized spacial score (nSPS) is 24.1. The van der Waals surface area contributed by atoms with Gasteiger partial charge < -0.3 is 15.4 Å². The zero-order valence-corrected chi connectivity index (χ0v) is 12.9. The number of benzene rings is 1. The molecule has 2 N–H and O–H groups in total. The van der Waals surface area contributed by atoms with Gasteiger partial charge in [0.1, 0.15) is 4.99 Å². The first kappa shape index (κ1) is 13.8. The highest BCUT2D eigenvalue weighted by Crippen LogP contribution is 2.26. The van der Waals surface area contributed by atoms with Crippen molar-refractivity contribution in [2.24, 2.45) is 5.73 Å². The Morgan fingerprint density at radius 2 is 2.00 bits per heavy atom. The van der Waals surface area contributed by atoms with E-state index >= 15 is 0 Å². The second kappa shape index (κ2) is 5.55. The summed E-state index contributed by atoms with van der Waals surface area (Å²) in [7, 11) is 0. The average molecular weight is 329 g/mol. The molecule has 1 aliphatic rings. The van der Waals surface area contributed by atoms with E-state index in [-0.39, 0.29) is 12.2 Å². The van der Waals surface area contributed by atoms with Crippen molar-refractivity contribution in [3.8, 4) is 0 Å². The molecule has 1 aromatic carbocycles. The first-order valence-electron chi connectivity index (χ1n) is 5.97. The third kappa shape index (κ3) is 3.02. The van der Waals surface area contributed by atoms with Crippen LogP contribution in [0.25, 0.3) is 0 Å². The van der Waals surface area contributed by atoms with Crippen molar-refractivity contribution in [2.45, 2.75) is 26.1 Å². The molecule has 5 heteroatoms. The second-order valence-corrected chi connectivity index (χ2v) is 5.98. The Hall–Kier alpha value is -0.650. The number of ether oxygens (including phenoxy) is 1. The van der Waals surface area contributed by atoms with Gasteiger partial charge in [0.25, 0.3) is 0 Å². The van der Waals surface area contributed by atoms with Crippen LogP contribution in [0.4, 0.5) is 5.69 Å². The maximum absolute atomic E-state index is 5.74. The number of anilines is 1. The van der Waals surface area contributed by atoms with Gasteiger partial charge in [-0.3, -0.25) is 0 Å². The van der Waals surface area contributed by atoms with Crippen LogP contribution in [0.5, 0.6) is 0 Å². The van der Waals surface area contributed by atoms with Crippen LogP contribution >= 0.6 is 28.1 Å². The smallest absolute Gasteiger partial charge is 0.105 e. The fourth-order valence-electron chi connectivity index (χ4n) is 2.29. The molecule has 1 aromatic rings. The van der Waals surface area contributed by atoms with Crippen molar-refractivity contribution in [1.82, 2.24) is 0 Å². The van der Waals surface area contributed by atoms with E-state index in [4.69, 9.17) is 22.7 Å². The molecule has 1 saturated heterocycles. The van der Waals surface area contributed by atoms with Gasteiger partial charge in [-0.05, 0) is 48.0 Å². The van der Waals surface area contributed by atoms with Gasteiger partial charge in [0.2, 0.25) is 0 Å². The molecular weight excluding hydrogens is 312 g/mol. The number of nitrogens with two attached hydrogens (primary N) is 1. The molecule has 2 rings (SSSR count). The third-order valence-electron chi connectivity index (χ3n) is 3.00. The lowest BCUT2D eigenvalue weighted by Gasteiger charge is -2.37. The summed E-state index contributed by atoms with van der Waals surface area (Å²) in [6.45, 7) is 6.01. The topological polar surface area (TPSA) is 38.5 Å². The molecule has 0 bridgehead atoms. The summed E-state index contributed by atoms with van der Waals surface area (Å²) in [6, 6.07) is 6.09. The molecule has 1 heterocycles. The van der Waals surface area contributed by atoms with E-state index in [0.29, 0.717) is 4.99 Å². The fraction of sp³-hybridized carbons (Fsp3) is 0.462. The van der Waals surface area contributed by atoms with Gasteiger partial charge in [-0.25, -0.2) is 0 Å². The third-order valence-corrected chi connectivity index (χ3v) is 3.88. The summed E-state index contributed by atoms with van der Waals surface area (Å²) in [6.07, 6.45) is 0.505. The zero-order chi connectivity index (χ0) is 13.3. The van der Waals surface area contributed by atoms with E-state index < -0.39 is 0 Å². The minimum Gasteiger partial charge on any atom is -0.389 e. The maximum atomic E-state index is 5.74. The molecule has 1 fully saturated rings. The van der Waals surface area contributed by atoms with Crippen LogP contribution in [-0.2, 0) is 4.74 Å². The molecule has 0 aliphatic carbocycles. The van der Waals surface area contributed by atoms with Crippen LogP contribution in [0.1, 0.15) is 19.4 Å². The number of hydrogen-bond acceptors (Lipinski definition) is 3. The Kier molecular flexibility index (Phi) is 4.25. The van der Waals surface area contributed by atoms with Gasteiger partial charge in [0.15, 0.2) is 0 Å². The molecule has 0 amide bonds. The molecule has 1 aliphatic heterocycles. The van der Waals surface area contributed by atoms with Crippen LogP contribution in [0, 0.1) is 0 Å². The van der Waals surface area contributed by atoms with E-state index in [1.807, 2.05) is 6.07 Å². The molecule has 0 aromatic heterocycles. The number of morpholine rings is 1. The van der Waals surface area contributed by atoms with Crippen LogP contribution in [0.15, 0.2) is 22.7 Å². The SMILES string of the molecule is CC1CN(c2ccc(C(N)=S)c(Br)c2)CC(C)O1. The van der Waals surface area contributed by atoms with Crippen LogP contribution in [0.2, 0.25) is 0 Å². The van der Waals surface area contributed by atoms with Crippen LogP contribution in [0.3, 0.4) is 0 Å². The van der Waals surface area contributed by atoms with Crippen molar-refractivity contribution < 1.29 is 4.74 Å². The van der Waals surface area contributed by atoms with Gasteiger partial charge in [0.05, 0.1) is 12.2 Å². The molecular formula is C13H17BrN2OS. The summed E-state index contributed by atoms with van der Waals surface area (Å²) in [5.74, 6) is 0. The largest absolute Gasteiger partial charge is 0.389 e. The van der Waals surface area contributed by atoms with E-state index in [1.165, 1.54) is 5.69 Å². The monoisotopic (exact) mass is 328 g/mol. The summed E-state index contributed by atoms with van der Waals surface area (Å²) in [4.78, 5) is 2.74. The van der Waals surface area contributed by atoms with Crippen molar-refractivity contribution in [3.63, 3.8) is 0 Å². The predicted octanol–water partition coefficient (Wildman–Crippen LogP) is 2.70. The first-order chi connectivity index (χ1) is 8.47. The number of halogens is 1. The Labute approximate surface area is 121 Å². The highest BCUT2D eigenvalue weighted by Gasteiger charge is 2.22. The van der Waals surface area contributed by atoms with Crippen LogP contribution < -0.4 is 10.6 Å². The summed E-state index contributed by atoms with van der Waals surface area (Å²) in [5, 5.41) is 0. The number of nitrogens with zero attached hydrogens (tertiary/aromatic N) is 1. The Morgan fingerprint density at radius 1 is 1.39 bits per heavy atom. The van der Waals surface area contributed by atoms with Gasteiger partial charge in [-0.15, -0.1) is 0 Å². The van der Waals surface area contributed by atoms with Gasteiger partial charge in [-0.1, -0.05) is 12.2 Å². The molecule has 98 valence electrons. The van der Waals surface area contributed by atoms with Crippen molar-refractivity contribution in [3.05, 3.63) is 28.2 Å². The van der Waals surface area contributed by atoms with E-state index in [9.17, 15) is 0 Å². The Bertz CT molecular complexity index is 456. The summed E-state index contributed by atoms with van der Waals surface area (Å²) >= 11 is 8.52. The molecule has 0 radical (unpaired) electrons. The summed E-state index contributed by atoms with van der Waals surface area (Å²) < 4.78 is 6.68. The lowest BCUT2D eigenvalue weighted by molar-refractivity contribution is -0.00521. The van der Waals surface area contributed by atoms with E-state index in [2.05, 4.69) is 46.8 Å². The highest BCUT2D eigenvalue weighted by atomic mass is 79.9. The molecule has 18 heavy (non-hydrogen) atoms. The zero-order valence-electron chi connectivity index (χ0n) is 10.5. The number of rotatable bonds is 2. The van der Waals surface area contributed by atoms with Gasteiger partial charge >= 0.3 is 0 Å². The van der Waals surface area contributed by atoms with Gasteiger partial charge in [0, 0.05) is 28.8 Å². The molecule has 2 unspecified atom stereocenters. The molecule has 3 nitrogen and oxygen atoms in total. The minimum absolute atomic E-state index is 0.253. The lowest BCUT2D eigenvalue weighted by Crippen LogP contribution is -2.45. The predicted molar refractivity (Wildman–Crippen MR) is 82.3 cm³/mol. The lowest BCUT2D eigenvalue weighted by atomic mass is 10.1. The second-order valence-electron chi connectivity index (χ2n) is 4.69. The standard InChI is InChI=1S/C13H17BrN2OS/c1-8-6-16(7-9(2)17-8)10-3-4-11(13(15)18)12(14)5-10/h3-5,8-9H,6-7H2,1-2H3,(H2,15,18). The average Bonchev–Trinajstić information content (AvgIpc) is 2.26. The molecule has 2 atom stereocenters. The fourth-order valence-corrected chi connectivity index (χ4v) is 3.18. The van der Waals surface area contributed by atoms with Gasteiger partial charge in [-0.2, -0.15) is 0 Å².